The third-order valence-electron chi connectivity index (χ3n) is 4.77. The van der Waals surface area contributed by atoms with E-state index in [1.807, 2.05) is 39.0 Å². The molecule has 0 aliphatic heterocycles. The van der Waals surface area contributed by atoms with Gasteiger partial charge in [0.2, 0.25) is 0 Å². The zero-order valence-electron chi connectivity index (χ0n) is 19.8. The first-order valence-corrected chi connectivity index (χ1v) is 11.2. The Bertz CT molecular complexity index is 1100. The highest BCUT2D eigenvalue weighted by atomic mass is 35.5. The fourth-order valence-corrected chi connectivity index (χ4v) is 3.35. The molecule has 8 nitrogen and oxygen atoms in total. The normalized spacial score (nSPS) is 10.2. The third kappa shape index (κ3) is 7.42. The molecule has 0 unspecified atom stereocenters. The number of hydrogen-bond donors (Lipinski definition) is 4. The lowest BCUT2D eigenvalue weighted by Gasteiger charge is -2.28. The second-order valence-corrected chi connectivity index (χ2v) is 8.10. The number of anilines is 2. The van der Waals surface area contributed by atoms with E-state index in [4.69, 9.17) is 27.5 Å². The Morgan fingerprint density at radius 1 is 1.24 bits per heavy atom. The number of esters is 1. The molecule has 0 saturated carbocycles. The van der Waals surface area contributed by atoms with Crippen molar-refractivity contribution in [2.45, 2.75) is 33.7 Å². The summed E-state index contributed by atoms with van der Waals surface area (Å²) in [4.78, 5) is 25.9. The molecule has 2 aromatic carbocycles. The molecular weight excluding hydrogens is 454 g/mol. The number of nitrogens with zero attached hydrogens (tertiary/aromatic N) is 1. The molecular formula is C25H30ClN5O3. The smallest absolute Gasteiger partial charge is 0.325 e. The van der Waals surface area contributed by atoms with Gasteiger partial charge < -0.3 is 21.1 Å². The summed E-state index contributed by atoms with van der Waals surface area (Å²) < 4.78 is 4.86. The number of rotatable bonds is 8. The van der Waals surface area contributed by atoms with Gasteiger partial charge in [-0.15, -0.1) is 0 Å². The molecule has 180 valence electrons. The van der Waals surface area contributed by atoms with Gasteiger partial charge >= 0.3 is 12.0 Å². The Morgan fingerprint density at radius 3 is 2.50 bits per heavy atom. The minimum Gasteiger partial charge on any atom is -0.465 e. The Morgan fingerprint density at radius 2 is 1.91 bits per heavy atom. The van der Waals surface area contributed by atoms with E-state index < -0.39 is 12.0 Å². The fraction of sp³-hybridized carbons (Fsp3) is 0.320. The maximum absolute atomic E-state index is 12.8. The van der Waals surface area contributed by atoms with Crippen LogP contribution in [0.25, 0.3) is 0 Å². The standard InChI is InChI=1S/C25H30ClN5O3/c1-5-34-23(32)15-30-25(33)31(16(2)3)22-14-21(26)19(13-17(22)4)7-6-12-29-20-10-8-18(9-11-20)24(27)28/h8-11,13-14,16,29H,5,12,15H2,1-4H3,(H3,27,28)(H,30,33). The Hall–Kier alpha value is -3.70. The van der Waals surface area contributed by atoms with E-state index >= 15 is 0 Å². The summed E-state index contributed by atoms with van der Waals surface area (Å²) in [6, 6.07) is 10.1. The maximum Gasteiger partial charge on any atom is 0.325 e. The van der Waals surface area contributed by atoms with Gasteiger partial charge in [0.05, 0.1) is 23.9 Å². The van der Waals surface area contributed by atoms with E-state index in [1.54, 1.807) is 30.0 Å². The zero-order chi connectivity index (χ0) is 25.3. The van der Waals surface area contributed by atoms with Crippen LogP contribution in [-0.4, -0.2) is 43.6 Å². The largest absolute Gasteiger partial charge is 0.465 e. The monoisotopic (exact) mass is 483 g/mol. The van der Waals surface area contributed by atoms with Crippen LogP contribution in [0.15, 0.2) is 36.4 Å². The second kappa shape index (κ2) is 12.5. The van der Waals surface area contributed by atoms with Gasteiger partial charge in [-0.3, -0.25) is 15.1 Å². The molecule has 9 heteroatoms. The number of carbonyl (C=O) groups is 2. The lowest BCUT2D eigenvalue weighted by Crippen LogP contribution is -2.46. The van der Waals surface area contributed by atoms with Crippen LogP contribution in [0, 0.1) is 24.2 Å². The fourth-order valence-electron chi connectivity index (χ4n) is 3.15. The SMILES string of the molecule is CCOC(=O)CNC(=O)N(c1cc(Cl)c(C#CCNc2ccc(C(=N)N)cc2)cc1C)C(C)C. The first-order chi connectivity index (χ1) is 16.1. The average molecular weight is 484 g/mol. The summed E-state index contributed by atoms with van der Waals surface area (Å²) in [5, 5.41) is 13.6. The molecule has 5 N–H and O–H groups in total. The van der Waals surface area contributed by atoms with Gasteiger partial charge in [0, 0.05) is 22.9 Å². The number of hydrogen-bond acceptors (Lipinski definition) is 5. The van der Waals surface area contributed by atoms with Crippen LogP contribution < -0.4 is 21.3 Å². The molecule has 0 fully saturated rings. The molecule has 34 heavy (non-hydrogen) atoms. The van der Waals surface area contributed by atoms with Crippen molar-refractivity contribution < 1.29 is 14.3 Å². The number of amidine groups is 1. The highest BCUT2D eigenvalue weighted by molar-refractivity contribution is 6.32. The Kier molecular flexibility index (Phi) is 9.77. The van der Waals surface area contributed by atoms with Crippen LogP contribution >= 0.6 is 11.6 Å². The summed E-state index contributed by atoms with van der Waals surface area (Å²) in [5.41, 5.74) is 9.08. The Balaban J connectivity index is 2.11. The van der Waals surface area contributed by atoms with Gasteiger partial charge in [-0.1, -0.05) is 23.4 Å². The molecule has 0 atom stereocenters. The van der Waals surface area contributed by atoms with E-state index in [0.717, 1.165) is 11.3 Å². The number of carbonyl (C=O) groups excluding carboxylic acids is 2. The second-order valence-electron chi connectivity index (χ2n) is 7.69. The highest BCUT2D eigenvalue weighted by Gasteiger charge is 2.22. The minimum absolute atomic E-state index is 0.0207. The molecule has 2 rings (SSSR count). The lowest BCUT2D eigenvalue weighted by atomic mass is 10.1. The molecule has 0 spiro atoms. The predicted molar refractivity (Wildman–Crippen MR) is 137 cm³/mol. The molecule has 0 aliphatic carbocycles. The molecule has 0 aliphatic rings. The molecule has 0 aromatic heterocycles. The van der Waals surface area contributed by atoms with Crippen molar-refractivity contribution in [3.8, 4) is 11.8 Å². The predicted octanol–water partition coefficient (Wildman–Crippen LogP) is 3.88. The highest BCUT2D eigenvalue weighted by Crippen LogP contribution is 2.29. The number of amides is 2. The van der Waals surface area contributed by atoms with Crippen molar-refractivity contribution in [2.75, 3.05) is 29.9 Å². The number of ether oxygens (including phenoxy) is 1. The summed E-state index contributed by atoms with van der Waals surface area (Å²) >= 11 is 6.48. The summed E-state index contributed by atoms with van der Waals surface area (Å²) in [6.45, 7) is 7.76. The topological polar surface area (TPSA) is 121 Å². The Labute approximate surface area is 205 Å². The number of nitrogens with one attached hydrogen (secondary N) is 3. The maximum atomic E-state index is 12.8. The third-order valence-corrected chi connectivity index (χ3v) is 5.08. The summed E-state index contributed by atoms with van der Waals surface area (Å²) in [5.74, 6) is 5.62. The molecule has 0 radical (unpaired) electrons. The van der Waals surface area contributed by atoms with Gasteiger partial charge in [0.25, 0.3) is 0 Å². The molecule has 0 bridgehead atoms. The van der Waals surface area contributed by atoms with Gasteiger partial charge in [0.15, 0.2) is 0 Å². The van der Waals surface area contributed by atoms with Crippen LogP contribution in [0.3, 0.4) is 0 Å². The zero-order valence-corrected chi connectivity index (χ0v) is 20.5. The van der Waals surface area contributed by atoms with E-state index in [-0.39, 0.29) is 25.0 Å². The number of nitrogen functional groups attached to an aromatic ring is 1. The van der Waals surface area contributed by atoms with Crippen molar-refractivity contribution in [1.82, 2.24) is 5.32 Å². The van der Waals surface area contributed by atoms with Crippen molar-refractivity contribution in [3.63, 3.8) is 0 Å². The van der Waals surface area contributed by atoms with Crippen LogP contribution in [0.4, 0.5) is 16.2 Å². The van der Waals surface area contributed by atoms with E-state index in [0.29, 0.717) is 28.4 Å². The van der Waals surface area contributed by atoms with E-state index in [1.165, 1.54) is 0 Å². The quantitative estimate of drug-likeness (QED) is 0.196. The van der Waals surface area contributed by atoms with Crippen LogP contribution in [-0.2, 0) is 9.53 Å². The van der Waals surface area contributed by atoms with Gasteiger partial charge in [-0.2, -0.15) is 0 Å². The number of aryl methyl sites for hydroxylation is 1. The molecule has 0 heterocycles. The van der Waals surface area contributed by atoms with Crippen LogP contribution in [0.2, 0.25) is 5.02 Å². The van der Waals surface area contributed by atoms with Gasteiger partial charge in [-0.25, -0.2) is 4.79 Å². The number of nitrogens with two attached hydrogens (primary N) is 1. The number of benzene rings is 2. The van der Waals surface area contributed by atoms with Crippen LogP contribution in [0.5, 0.6) is 0 Å². The number of halogens is 1. The van der Waals surface area contributed by atoms with Crippen molar-refractivity contribution in [3.05, 3.63) is 58.1 Å². The first-order valence-electron chi connectivity index (χ1n) is 10.8. The van der Waals surface area contributed by atoms with Gasteiger partial charge in [0.1, 0.15) is 12.4 Å². The van der Waals surface area contributed by atoms with Crippen molar-refractivity contribution in [2.24, 2.45) is 5.73 Å². The van der Waals surface area contributed by atoms with E-state index in [2.05, 4.69) is 22.5 Å². The van der Waals surface area contributed by atoms with Crippen molar-refractivity contribution >= 4 is 40.8 Å². The lowest BCUT2D eigenvalue weighted by molar-refractivity contribution is -0.141. The van der Waals surface area contributed by atoms with Crippen LogP contribution in [0.1, 0.15) is 37.5 Å². The molecule has 0 saturated heterocycles. The first kappa shape index (κ1) is 26.6. The van der Waals surface area contributed by atoms with E-state index in [9.17, 15) is 9.59 Å². The summed E-state index contributed by atoms with van der Waals surface area (Å²) in [7, 11) is 0. The van der Waals surface area contributed by atoms with Gasteiger partial charge in [-0.05, 0) is 69.7 Å². The van der Waals surface area contributed by atoms with Crippen molar-refractivity contribution in [1.29, 1.82) is 5.41 Å². The minimum atomic E-state index is -0.497. The molecule has 2 amide bonds. The number of urea groups is 1. The molecule has 2 aromatic rings. The summed E-state index contributed by atoms with van der Waals surface area (Å²) in [6.07, 6.45) is 0. The average Bonchev–Trinajstić information content (AvgIpc) is 2.78.